The molecule has 3 aliphatic rings. The quantitative estimate of drug-likeness (QED) is 0.831. The van der Waals surface area contributed by atoms with Crippen LogP contribution in [0.25, 0.3) is 0 Å². The number of likely N-dealkylation sites (tertiary alicyclic amines) is 1. The molecule has 5 heteroatoms. The summed E-state index contributed by atoms with van der Waals surface area (Å²) in [5.41, 5.74) is 3.01. The lowest BCUT2D eigenvalue weighted by Gasteiger charge is -2.35. The molecule has 1 aromatic rings. The Balaban J connectivity index is 0.00000169. The van der Waals surface area contributed by atoms with Crippen LogP contribution < -0.4 is 4.74 Å². The Hall–Kier alpha value is -0.810. The molecule has 0 aromatic heterocycles. The number of fused-ring (bicyclic) bond motifs is 3. The van der Waals surface area contributed by atoms with E-state index < -0.39 is 0 Å². The summed E-state index contributed by atoms with van der Waals surface area (Å²) in [6.45, 7) is 7.65. The Morgan fingerprint density at radius 1 is 1.12 bits per heavy atom. The predicted molar refractivity (Wildman–Crippen MR) is 98.5 cm³/mol. The molecule has 0 spiro atoms. The average molecular weight is 353 g/mol. The zero-order valence-electron chi connectivity index (χ0n) is 14.6. The van der Waals surface area contributed by atoms with Gasteiger partial charge in [0, 0.05) is 38.1 Å². The second-order valence-corrected chi connectivity index (χ2v) is 7.02. The molecule has 4 rings (SSSR count). The molecule has 2 atom stereocenters. The van der Waals surface area contributed by atoms with Crippen molar-refractivity contribution in [2.24, 2.45) is 0 Å². The van der Waals surface area contributed by atoms with E-state index >= 15 is 0 Å². The number of ether oxygens (including phenoxy) is 2. The van der Waals surface area contributed by atoms with Crippen molar-refractivity contribution < 1.29 is 9.47 Å². The molecule has 2 aliphatic heterocycles. The number of rotatable bonds is 4. The summed E-state index contributed by atoms with van der Waals surface area (Å²) in [5, 5.41) is 0. The number of hydrogen-bond donors (Lipinski definition) is 0. The average Bonchev–Trinajstić information content (AvgIpc) is 3.04. The van der Waals surface area contributed by atoms with Crippen LogP contribution in [-0.2, 0) is 11.2 Å². The lowest BCUT2D eigenvalue weighted by Crippen LogP contribution is -2.43. The van der Waals surface area contributed by atoms with Gasteiger partial charge < -0.3 is 9.47 Å². The van der Waals surface area contributed by atoms with Crippen LogP contribution in [0, 0.1) is 0 Å². The summed E-state index contributed by atoms with van der Waals surface area (Å²) in [6.07, 6.45) is 3.74. The molecule has 24 heavy (non-hydrogen) atoms. The third kappa shape index (κ3) is 3.43. The summed E-state index contributed by atoms with van der Waals surface area (Å²) in [6, 6.07) is 7.34. The minimum atomic E-state index is 0. The second kappa shape index (κ2) is 8.05. The molecule has 0 amide bonds. The van der Waals surface area contributed by atoms with Crippen LogP contribution in [0.3, 0.4) is 0 Å². The van der Waals surface area contributed by atoms with Gasteiger partial charge in [0.2, 0.25) is 0 Å². The van der Waals surface area contributed by atoms with E-state index in [2.05, 4.69) is 28.0 Å². The molecule has 0 saturated carbocycles. The topological polar surface area (TPSA) is 24.9 Å². The highest BCUT2D eigenvalue weighted by Crippen LogP contribution is 2.43. The smallest absolute Gasteiger partial charge is 0.122 e. The van der Waals surface area contributed by atoms with Gasteiger partial charge in [0.15, 0.2) is 0 Å². The van der Waals surface area contributed by atoms with Crippen molar-refractivity contribution in [1.82, 2.24) is 9.80 Å². The molecule has 0 unspecified atom stereocenters. The summed E-state index contributed by atoms with van der Waals surface area (Å²) in [5.74, 6) is 1.80. The van der Waals surface area contributed by atoms with Crippen molar-refractivity contribution in [3.8, 4) is 5.75 Å². The van der Waals surface area contributed by atoms with E-state index in [9.17, 15) is 0 Å². The van der Waals surface area contributed by atoms with Crippen molar-refractivity contribution in [2.45, 2.75) is 31.2 Å². The molecule has 4 nitrogen and oxygen atoms in total. The Kier molecular flexibility index (Phi) is 6.03. The third-order valence-electron chi connectivity index (χ3n) is 5.95. The van der Waals surface area contributed by atoms with Crippen molar-refractivity contribution in [1.29, 1.82) is 0 Å². The maximum atomic E-state index is 5.58. The maximum absolute atomic E-state index is 5.58. The van der Waals surface area contributed by atoms with E-state index in [0.29, 0.717) is 5.92 Å². The molecule has 0 N–H and O–H groups in total. The SMILES string of the molecule is COc1cccc2c1CC[C@@H]1[C@H]2CCN1CCN1CCOCC1.Cl. The fourth-order valence-electron chi connectivity index (χ4n) is 4.72. The number of benzene rings is 1. The van der Waals surface area contributed by atoms with E-state index in [1.54, 1.807) is 12.7 Å². The number of halogens is 1. The van der Waals surface area contributed by atoms with Crippen molar-refractivity contribution in [3.05, 3.63) is 29.3 Å². The first-order valence-corrected chi connectivity index (χ1v) is 9.07. The Morgan fingerprint density at radius 2 is 1.96 bits per heavy atom. The number of morpholine rings is 1. The molecule has 2 saturated heterocycles. The fourth-order valence-corrected chi connectivity index (χ4v) is 4.72. The minimum absolute atomic E-state index is 0. The van der Waals surface area contributed by atoms with Gasteiger partial charge in [0.25, 0.3) is 0 Å². The Labute approximate surface area is 151 Å². The van der Waals surface area contributed by atoms with Crippen LogP contribution in [0.2, 0.25) is 0 Å². The predicted octanol–water partition coefficient (Wildman–Crippen LogP) is 2.55. The standard InChI is InChI=1S/C19H28N2O2.ClH/c1-22-19-4-2-3-15-16-7-8-21(18(16)6-5-17(15)19)10-9-20-11-13-23-14-12-20;/h2-4,16,18H,5-14H2,1H3;1H/t16-,18+;/m0./s1. The van der Waals surface area contributed by atoms with Crippen LogP contribution in [-0.4, -0.2) is 68.9 Å². The van der Waals surface area contributed by atoms with Gasteiger partial charge in [-0.05, 0) is 43.0 Å². The van der Waals surface area contributed by atoms with E-state index in [1.165, 1.54) is 38.0 Å². The van der Waals surface area contributed by atoms with Crippen LogP contribution in [0.5, 0.6) is 5.75 Å². The first kappa shape index (κ1) is 18.0. The van der Waals surface area contributed by atoms with Crippen LogP contribution in [0.15, 0.2) is 18.2 Å². The third-order valence-corrected chi connectivity index (χ3v) is 5.95. The number of nitrogens with zero attached hydrogens (tertiary/aromatic N) is 2. The summed E-state index contributed by atoms with van der Waals surface area (Å²) in [4.78, 5) is 5.29. The van der Waals surface area contributed by atoms with Crippen LogP contribution >= 0.6 is 12.4 Å². The molecular weight excluding hydrogens is 324 g/mol. The molecule has 0 radical (unpaired) electrons. The summed E-state index contributed by atoms with van der Waals surface area (Å²) >= 11 is 0. The monoisotopic (exact) mass is 352 g/mol. The highest BCUT2D eigenvalue weighted by Gasteiger charge is 2.39. The van der Waals surface area contributed by atoms with E-state index in [-0.39, 0.29) is 12.4 Å². The highest BCUT2D eigenvalue weighted by molar-refractivity contribution is 5.85. The van der Waals surface area contributed by atoms with Crippen molar-refractivity contribution in [2.75, 3.05) is 53.0 Å². The molecule has 2 fully saturated rings. The lowest BCUT2D eigenvalue weighted by atomic mass is 9.79. The van der Waals surface area contributed by atoms with Gasteiger partial charge in [0.1, 0.15) is 5.75 Å². The molecule has 1 aromatic carbocycles. The zero-order chi connectivity index (χ0) is 15.6. The van der Waals surface area contributed by atoms with Gasteiger partial charge in [-0.15, -0.1) is 12.4 Å². The van der Waals surface area contributed by atoms with Crippen molar-refractivity contribution in [3.63, 3.8) is 0 Å². The number of methoxy groups -OCH3 is 1. The van der Waals surface area contributed by atoms with Gasteiger partial charge in [-0.2, -0.15) is 0 Å². The van der Waals surface area contributed by atoms with E-state index in [4.69, 9.17) is 9.47 Å². The van der Waals surface area contributed by atoms with Crippen molar-refractivity contribution >= 4 is 12.4 Å². The molecule has 134 valence electrons. The maximum Gasteiger partial charge on any atom is 0.122 e. The molecule has 2 heterocycles. The minimum Gasteiger partial charge on any atom is -0.496 e. The highest BCUT2D eigenvalue weighted by atomic mass is 35.5. The molecule has 1 aliphatic carbocycles. The lowest BCUT2D eigenvalue weighted by molar-refractivity contribution is 0.0322. The summed E-state index contributed by atoms with van der Waals surface area (Å²) in [7, 11) is 1.80. The number of hydrogen-bond acceptors (Lipinski definition) is 4. The first-order chi connectivity index (χ1) is 11.4. The summed E-state index contributed by atoms with van der Waals surface area (Å²) < 4.78 is 11.0. The largest absolute Gasteiger partial charge is 0.496 e. The second-order valence-electron chi connectivity index (χ2n) is 7.02. The van der Waals surface area contributed by atoms with E-state index in [0.717, 1.165) is 44.5 Å². The zero-order valence-corrected chi connectivity index (χ0v) is 15.4. The Bertz CT molecular complexity index is 548. The molecule has 0 bridgehead atoms. The normalized spacial score (nSPS) is 27.2. The Morgan fingerprint density at radius 3 is 2.75 bits per heavy atom. The van der Waals surface area contributed by atoms with Crippen LogP contribution in [0.1, 0.15) is 29.9 Å². The van der Waals surface area contributed by atoms with Gasteiger partial charge in [-0.3, -0.25) is 9.80 Å². The molecular formula is C19H29ClN2O2. The van der Waals surface area contributed by atoms with Gasteiger partial charge in [0.05, 0.1) is 20.3 Å². The first-order valence-electron chi connectivity index (χ1n) is 9.07. The van der Waals surface area contributed by atoms with Crippen LogP contribution in [0.4, 0.5) is 0 Å². The fraction of sp³-hybridized carbons (Fsp3) is 0.684. The van der Waals surface area contributed by atoms with Gasteiger partial charge in [-0.25, -0.2) is 0 Å². The van der Waals surface area contributed by atoms with Gasteiger partial charge >= 0.3 is 0 Å². The van der Waals surface area contributed by atoms with E-state index in [1.807, 2.05) is 0 Å². The van der Waals surface area contributed by atoms with Gasteiger partial charge in [-0.1, -0.05) is 12.1 Å².